The van der Waals surface area contributed by atoms with Gasteiger partial charge in [0.05, 0.1) is 0 Å². The maximum absolute atomic E-state index is 4.54. The molecule has 0 spiro atoms. The van der Waals surface area contributed by atoms with Crippen LogP contribution in [0.4, 0.5) is 0 Å². The van der Waals surface area contributed by atoms with Crippen molar-refractivity contribution in [1.29, 1.82) is 0 Å². The molecule has 5 rings (SSSR count). The molecule has 0 aliphatic heterocycles. The van der Waals surface area contributed by atoms with Gasteiger partial charge in [-0.3, -0.25) is 4.98 Å². The van der Waals surface area contributed by atoms with E-state index in [1.807, 2.05) is 24.5 Å². The molecule has 0 radical (unpaired) electrons. The van der Waals surface area contributed by atoms with Crippen LogP contribution >= 0.6 is 0 Å². The van der Waals surface area contributed by atoms with Crippen molar-refractivity contribution in [3.8, 4) is 0 Å². The first-order valence-electron chi connectivity index (χ1n) is 18.2. The highest BCUT2D eigenvalue weighted by Gasteiger charge is 2.18. The van der Waals surface area contributed by atoms with E-state index in [4.69, 9.17) is 0 Å². The van der Waals surface area contributed by atoms with Crippen LogP contribution < -0.4 is 10.4 Å². The highest BCUT2D eigenvalue weighted by Crippen LogP contribution is 2.36. The van der Waals surface area contributed by atoms with Crippen LogP contribution in [0.15, 0.2) is 169 Å². The van der Waals surface area contributed by atoms with Gasteiger partial charge >= 0.3 is 0 Å². The van der Waals surface area contributed by atoms with E-state index in [1.54, 1.807) is 0 Å². The molecule has 2 aliphatic rings. The minimum atomic E-state index is 0.180. The summed E-state index contributed by atoms with van der Waals surface area (Å²) >= 11 is 0. The van der Waals surface area contributed by atoms with Gasteiger partial charge in [0.2, 0.25) is 0 Å². The molecule has 0 amide bonds. The first-order valence-corrected chi connectivity index (χ1v) is 18.2. The van der Waals surface area contributed by atoms with E-state index in [9.17, 15) is 0 Å². The molecule has 0 fully saturated rings. The molecule has 0 bridgehead atoms. The van der Waals surface area contributed by atoms with Gasteiger partial charge in [0.25, 0.3) is 0 Å². The standard InChI is InChI=1S/C49H53N/c1-7-16-40-18-10-11-19-43(40)35-39-26-31-42(32-27-39)47(33-28-38-24-29-41(30-25-38)44-20-15-34-50-36-44)48(46-22-13-9-17-37(46)3)23-14-12-21-45(8-2)49(4,5)6/h7,9-11,13-16,18-21,23-24,26-27,29-36,38H,1,3,8,12,17,22,25,28H2,2,4-6H3/b23-14-,40-16-,43-35+,45-21+,47-33-,48-46+. The van der Waals surface area contributed by atoms with Gasteiger partial charge in [-0.1, -0.05) is 168 Å². The fraction of sp³-hybridized carbons (Fsp3) is 0.245. The predicted molar refractivity (Wildman–Crippen MR) is 219 cm³/mol. The summed E-state index contributed by atoms with van der Waals surface area (Å²) in [6.45, 7) is 17.6. The zero-order valence-electron chi connectivity index (χ0n) is 30.5. The molecule has 50 heavy (non-hydrogen) atoms. The minimum absolute atomic E-state index is 0.180. The Labute approximate surface area is 301 Å². The van der Waals surface area contributed by atoms with E-state index in [2.05, 4.69) is 167 Å². The normalized spacial score (nSPS) is 18.9. The molecule has 2 aromatic carbocycles. The Bertz CT molecular complexity index is 1990. The topological polar surface area (TPSA) is 12.9 Å². The Morgan fingerprint density at radius 3 is 2.38 bits per heavy atom. The summed E-state index contributed by atoms with van der Waals surface area (Å²) in [5.74, 6) is 0.433. The average Bonchev–Trinajstić information content (AvgIpc) is 3.13. The lowest BCUT2D eigenvalue weighted by molar-refractivity contribution is 0.486. The van der Waals surface area contributed by atoms with Gasteiger partial charge in [0.15, 0.2) is 0 Å². The van der Waals surface area contributed by atoms with Gasteiger partial charge < -0.3 is 0 Å². The maximum Gasteiger partial charge on any atom is 0.0346 e. The number of nitrogens with zero attached hydrogens (tertiary/aromatic N) is 1. The number of allylic oxidation sites excluding steroid dienone is 16. The number of benzene rings is 2. The maximum atomic E-state index is 4.54. The molecule has 0 saturated heterocycles. The van der Waals surface area contributed by atoms with Gasteiger partial charge in [-0.2, -0.15) is 0 Å². The molecule has 1 nitrogen and oxygen atoms in total. The largest absolute Gasteiger partial charge is 0.264 e. The summed E-state index contributed by atoms with van der Waals surface area (Å²) in [5.41, 5.74) is 11.6. The predicted octanol–water partition coefficient (Wildman–Crippen LogP) is 11.8. The van der Waals surface area contributed by atoms with E-state index in [0.29, 0.717) is 5.92 Å². The van der Waals surface area contributed by atoms with Gasteiger partial charge in [-0.25, -0.2) is 0 Å². The highest BCUT2D eigenvalue weighted by atomic mass is 14.6. The average molecular weight is 656 g/mol. The van der Waals surface area contributed by atoms with Crippen molar-refractivity contribution in [1.82, 2.24) is 4.98 Å². The third-order valence-electron chi connectivity index (χ3n) is 9.67. The summed E-state index contributed by atoms with van der Waals surface area (Å²) in [6.07, 6.45) is 36.9. The number of rotatable bonds is 11. The fourth-order valence-corrected chi connectivity index (χ4v) is 6.82. The molecular formula is C49H53N. The van der Waals surface area contributed by atoms with E-state index < -0.39 is 0 Å². The van der Waals surface area contributed by atoms with Crippen LogP contribution in [-0.2, 0) is 0 Å². The molecule has 0 N–H and O–H groups in total. The Kier molecular flexibility index (Phi) is 12.8. The monoisotopic (exact) mass is 655 g/mol. The van der Waals surface area contributed by atoms with Crippen molar-refractivity contribution < 1.29 is 0 Å². The molecule has 1 unspecified atom stereocenters. The van der Waals surface area contributed by atoms with Gasteiger partial charge in [0.1, 0.15) is 0 Å². The lowest BCUT2D eigenvalue weighted by atomic mass is 9.83. The van der Waals surface area contributed by atoms with Crippen molar-refractivity contribution >= 4 is 23.3 Å². The summed E-state index contributed by atoms with van der Waals surface area (Å²) in [4.78, 5) is 4.32. The lowest BCUT2D eigenvalue weighted by Gasteiger charge is -2.22. The Morgan fingerprint density at radius 1 is 0.940 bits per heavy atom. The fourth-order valence-electron chi connectivity index (χ4n) is 6.82. The smallest absolute Gasteiger partial charge is 0.0346 e. The zero-order valence-corrected chi connectivity index (χ0v) is 30.5. The van der Waals surface area contributed by atoms with Crippen LogP contribution in [0.2, 0.25) is 0 Å². The molecule has 1 heteroatoms. The number of pyridine rings is 1. The molecular weight excluding hydrogens is 603 g/mol. The molecule has 2 aliphatic carbocycles. The first-order chi connectivity index (χ1) is 24.3. The Balaban J connectivity index is 1.54. The van der Waals surface area contributed by atoms with E-state index >= 15 is 0 Å². The molecule has 0 saturated carbocycles. The minimum Gasteiger partial charge on any atom is -0.264 e. The Morgan fingerprint density at radius 2 is 1.72 bits per heavy atom. The highest BCUT2D eigenvalue weighted by molar-refractivity contribution is 5.84. The lowest BCUT2D eigenvalue weighted by Crippen LogP contribution is -2.23. The molecule has 1 atom stereocenters. The van der Waals surface area contributed by atoms with Crippen molar-refractivity contribution in [3.63, 3.8) is 0 Å². The van der Waals surface area contributed by atoms with E-state index in [-0.39, 0.29) is 5.41 Å². The molecule has 1 aromatic heterocycles. The summed E-state index contributed by atoms with van der Waals surface area (Å²) in [5, 5.41) is 2.35. The van der Waals surface area contributed by atoms with Crippen molar-refractivity contribution in [2.75, 3.05) is 0 Å². The zero-order chi connectivity index (χ0) is 35.3. The Hall–Kier alpha value is -5.01. The number of hydrogen-bond donors (Lipinski definition) is 0. The quantitative estimate of drug-likeness (QED) is 0.187. The second kappa shape index (κ2) is 17.6. The van der Waals surface area contributed by atoms with Gasteiger partial charge in [-0.15, -0.1) is 0 Å². The molecule has 1 heterocycles. The van der Waals surface area contributed by atoms with Crippen molar-refractivity contribution in [2.24, 2.45) is 11.3 Å². The second-order valence-electron chi connectivity index (χ2n) is 14.3. The van der Waals surface area contributed by atoms with Crippen molar-refractivity contribution in [2.45, 2.75) is 66.2 Å². The summed E-state index contributed by atoms with van der Waals surface area (Å²) < 4.78 is 0. The summed E-state index contributed by atoms with van der Waals surface area (Å²) in [7, 11) is 0. The molecule has 254 valence electrons. The van der Waals surface area contributed by atoms with Crippen molar-refractivity contribution in [3.05, 3.63) is 196 Å². The van der Waals surface area contributed by atoms with Crippen LogP contribution in [0.1, 0.15) is 82.9 Å². The van der Waals surface area contributed by atoms with E-state index in [0.717, 1.165) is 38.5 Å². The van der Waals surface area contributed by atoms with Gasteiger partial charge in [-0.05, 0) is 117 Å². The van der Waals surface area contributed by atoms with Crippen LogP contribution in [0.3, 0.4) is 0 Å². The SMILES string of the molecule is C=C/C=c1/cccc/c1=C\c1ccc(C(=C/CC2C=CC(c3cccnc3)=CC2)/C(/C=C\C/C=C(\CC)C(C)(C)C)=C2\CC=CCC2=C)cc1. The van der Waals surface area contributed by atoms with Crippen LogP contribution in [-0.4, -0.2) is 4.98 Å². The molecule has 3 aromatic rings. The van der Waals surface area contributed by atoms with Crippen LogP contribution in [0.5, 0.6) is 0 Å². The van der Waals surface area contributed by atoms with E-state index in [1.165, 1.54) is 60.6 Å². The number of hydrogen-bond acceptors (Lipinski definition) is 1. The summed E-state index contributed by atoms with van der Waals surface area (Å²) in [6, 6.07) is 21.7. The van der Waals surface area contributed by atoms with Gasteiger partial charge in [0, 0.05) is 12.4 Å². The first kappa shape index (κ1) is 36.3. The number of aromatic nitrogens is 1. The van der Waals surface area contributed by atoms with Crippen LogP contribution in [0, 0.1) is 11.3 Å². The van der Waals surface area contributed by atoms with Crippen LogP contribution in [0.25, 0.3) is 23.3 Å². The third-order valence-corrected chi connectivity index (χ3v) is 9.67. The second-order valence-corrected chi connectivity index (χ2v) is 14.3. The third kappa shape index (κ3) is 9.79.